The van der Waals surface area contributed by atoms with Crippen molar-refractivity contribution in [2.75, 3.05) is 26.1 Å². The molecule has 2 aromatic carbocycles. The number of nitrogens with zero attached hydrogens (tertiary/aromatic N) is 1. The molecule has 1 fully saturated rings. The predicted molar refractivity (Wildman–Crippen MR) is 142 cm³/mol. The highest BCUT2D eigenvalue weighted by atomic mass is 35.5. The van der Waals surface area contributed by atoms with Crippen LogP contribution in [0.15, 0.2) is 48.7 Å². The van der Waals surface area contributed by atoms with Crippen LogP contribution in [0.2, 0.25) is 5.02 Å². The Bertz CT molecular complexity index is 1030. The van der Waals surface area contributed by atoms with E-state index in [4.69, 9.17) is 21.1 Å². The lowest BCUT2D eigenvalue weighted by Gasteiger charge is -2.30. The maximum absolute atomic E-state index is 6.11. The van der Waals surface area contributed by atoms with Crippen molar-refractivity contribution in [3.63, 3.8) is 0 Å². The molecule has 1 saturated carbocycles. The molecule has 4 rings (SSSR count). The highest BCUT2D eigenvalue weighted by Gasteiger charge is 2.21. The van der Waals surface area contributed by atoms with Gasteiger partial charge in [-0.1, -0.05) is 11.6 Å². The first kappa shape index (κ1) is 27.3. The van der Waals surface area contributed by atoms with Crippen LogP contribution in [-0.4, -0.2) is 37.8 Å². The van der Waals surface area contributed by atoms with Crippen LogP contribution in [0, 0.1) is 0 Å². The fourth-order valence-corrected chi connectivity index (χ4v) is 4.56. The number of nitrogens with one attached hydrogen (secondary N) is 2. The summed E-state index contributed by atoms with van der Waals surface area (Å²) in [4.78, 5) is 4.44. The van der Waals surface area contributed by atoms with E-state index in [1.165, 1.54) is 18.4 Å². The lowest BCUT2D eigenvalue weighted by Crippen LogP contribution is -2.37. The third-order valence-electron chi connectivity index (χ3n) is 6.11. The fraction of sp³-hybridized carbons (Fsp3) is 0.400. The molecule has 0 unspecified atom stereocenters. The Morgan fingerprint density at radius 2 is 1.70 bits per heavy atom. The molecule has 0 radical (unpaired) electrons. The van der Waals surface area contributed by atoms with Gasteiger partial charge in [0.1, 0.15) is 11.5 Å². The van der Waals surface area contributed by atoms with Gasteiger partial charge >= 0.3 is 0 Å². The molecule has 0 aliphatic heterocycles. The molecule has 8 heteroatoms. The van der Waals surface area contributed by atoms with Crippen LogP contribution < -0.4 is 20.1 Å². The van der Waals surface area contributed by atoms with Crippen molar-refractivity contribution in [1.29, 1.82) is 0 Å². The Kier molecular flexibility index (Phi) is 10.8. The lowest BCUT2D eigenvalue weighted by atomic mass is 9.90. The summed E-state index contributed by atoms with van der Waals surface area (Å²) in [6, 6.07) is 15.0. The van der Waals surface area contributed by atoms with Crippen LogP contribution in [0.4, 0.5) is 5.69 Å². The van der Waals surface area contributed by atoms with E-state index in [0.717, 1.165) is 58.9 Å². The summed E-state index contributed by atoms with van der Waals surface area (Å²) in [6.45, 7) is 0.933. The molecular formula is C25H32Cl3N3O2. The minimum atomic E-state index is 0. The van der Waals surface area contributed by atoms with E-state index >= 15 is 0 Å². The molecule has 1 heterocycles. The molecule has 2 N–H and O–H groups in total. The van der Waals surface area contributed by atoms with Crippen LogP contribution in [0.3, 0.4) is 0 Å². The van der Waals surface area contributed by atoms with Crippen molar-refractivity contribution in [3.8, 4) is 11.5 Å². The fourth-order valence-electron chi connectivity index (χ4n) is 4.40. The van der Waals surface area contributed by atoms with Gasteiger partial charge in [-0.25, -0.2) is 0 Å². The van der Waals surface area contributed by atoms with Gasteiger partial charge in [0, 0.05) is 34.4 Å². The van der Waals surface area contributed by atoms with Crippen molar-refractivity contribution in [1.82, 2.24) is 10.3 Å². The molecule has 3 aromatic rings. The number of hydrogen-bond acceptors (Lipinski definition) is 5. The largest absolute Gasteiger partial charge is 0.497 e. The molecule has 180 valence electrons. The van der Waals surface area contributed by atoms with Crippen LogP contribution in [0.5, 0.6) is 11.5 Å². The molecule has 0 spiro atoms. The molecule has 0 saturated heterocycles. The van der Waals surface area contributed by atoms with Gasteiger partial charge in [0.15, 0.2) is 0 Å². The average molecular weight is 513 g/mol. The average Bonchev–Trinajstić information content (AvgIpc) is 2.80. The zero-order valence-corrected chi connectivity index (χ0v) is 21.4. The number of methoxy groups -OCH3 is 2. The number of pyridine rings is 1. The number of hydrogen-bond donors (Lipinski definition) is 2. The maximum atomic E-state index is 6.11. The first-order valence-electron chi connectivity index (χ1n) is 10.9. The standard InChI is InChI=1S/C25H30ClN3O2.2ClH/c1-30-21-8-10-25(31-2)17(15-21)11-13-27-19-4-6-20(7-5-19)29-23-12-14-28-24-16-18(26)3-9-22(23)24;;/h3,8-10,12,14-16,19-20,27H,4-7,11,13H2,1-2H3,(H,28,29);2*1H. The predicted octanol–water partition coefficient (Wildman–Crippen LogP) is 6.30. The number of fused-ring (bicyclic) bond motifs is 1. The summed E-state index contributed by atoms with van der Waals surface area (Å²) >= 11 is 6.11. The quantitative estimate of drug-likeness (QED) is 0.371. The SMILES string of the molecule is COc1ccc(OC)c(CCNC2CCC(Nc3ccnc4cc(Cl)ccc34)CC2)c1.Cl.Cl. The number of ether oxygens (including phenoxy) is 2. The molecule has 5 nitrogen and oxygen atoms in total. The van der Waals surface area contributed by atoms with Crippen molar-refractivity contribution in [2.24, 2.45) is 0 Å². The second-order valence-corrected chi connectivity index (χ2v) is 8.53. The zero-order chi connectivity index (χ0) is 21.6. The van der Waals surface area contributed by atoms with Crippen LogP contribution >= 0.6 is 36.4 Å². The number of anilines is 1. The van der Waals surface area contributed by atoms with E-state index in [9.17, 15) is 0 Å². The van der Waals surface area contributed by atoms with Crippen molar-refractivity contribution in [3.05, 3.63) is 59.2 Å². The molecule has 1 aliphatic carbocycles. The topological polar surface area (TPSA) is 55.4 Å². The Hall–Kier alpha value is -1.92. The van der Waals surface area contributed by atoms with Crippen LogP contribution in [0.25, 0.3) is 10.9 Å². The van der Waals surface area contributed by atoms with Gasteiger partial charge in [0.05, 0.1) is 19.7 Å². The Morgan fingerprint density at radius 3 is 2.42 bits per heavy atom. The van der Waals surface area contributed by atoms with Gasteiger partial charge < -0.3 is 20.1 Å². The second kappa shape index (κ2) is 13.1. The number of benzene rings is 2. The normalized spacial score (nSPS) is 17.5. The summed E-state index contributed by atoms with van der Waals surface area (Å²) in [5, 5.41) is 9.30. The van der Waals surface area contributed by atoms with Gasteiger partial charge in [-0.3, -0.25) is 4.98 Å². The van der Waals surface area contributed by atoms with E-state index < -0.39 is 0 Å². The number of rotatable bonds is 8. The Morgan fingerprint density at radius 1 is 0.939 bits per heavy atom. The highest BCUT2D eigenvalue weighted by Crippen LogP contribution is 2.28. The van der Waals surface area contributed by atoms with Crippen molar-refractivity contribution >= 4 is 53.0 Å². The highest BCUT2D eigenvalue weighted by molar-refractivity contribution is 6.31. The molecule has 33 heavy (non-hydrogen) atoms. The third kappa shape index (κ3) is 7.03. The van der Waals surface area contributed by atoms with E-state index in [2.05, 4.69) is 27.8 Å². The first-order chi connectivity index (χ1) is 15.2. The second-order valence-electron chi connectivity index (χ2n) is 8.09. The van der Waals surface area contributed by atoms with E-state index in [0.29, 0.717) is 12.1 Å². The summed E-state index contributed by atoms with van der Waals surface area (Å²) < 4.78 is 10.8. The van der Waals surface area contributed by atoms with E-state index in [1.54, 1.807) is 14.2 Å². The van der Waals surface area contributed by atoms with Crippen LogP contribution in [-0.2, 0) is 6.42 Å². The molecule has 0 amide bonds. The molecule has 0 bridgehead atoms. The number of halogens is 3. The third-order valence-corrected chi connectivity index (χ3v) is 6.34. The monoisotopic (exact) mass is 511 g/mol. The first-order valence-corrected chi connectivity index (χ1v) is 11.3. The summed E-state index contributed by atoms with van der Waals surface area (Å²) in [5.41, 5.74) is 3.25. The molecular weight excluding hydrogens is 481 g/mol. The van der Waals surface area contributed by atoms with Crippen molar-refractivity contribution in [2.45, 2.75) is 44.2 Å². The zero-order valence-electron chi connectivity index (χ0n) is 19.0. The van der Waals surface area contributed by atoms with Gasteiger partial charge in [0.2, 0.25) is 0 Å². The summed E-state index contributed by atoms with van der Waals surface area (Å²) in [5.74, 6) is 1.79. The van der Waals surface area contributed by atoms with E-state index in [1.807, 2.05) is 36.5 Å². The van der Waals surface area contributed by atoms with Gasteiger partial charge in [-0.15, -0.1) is 24.8 Å². The number of aromatic nitrogens is 1. The Labute approximate surface area is 213 Å². The summed E-state index contributed by atoms with van der Waals surface area (Å²) in [6.07, 6.45) is 7.41. The Balaban J connectivity index is 0.00000193. The minimum Gasteiger partial charge on any atom is -0.497 e. The lowest BCUT2D eigenvalue weighted by molar-refractivity contribution is 0.354. The van der Waals surface area contributed by atoms with Gasteiger partial charge in [-0.2, -0.15) is 0 Å². The maximum Gasteiger partial charge on any atom is 0.122 e. The van der Waals surface area contributed by atoms with Crippen LogP contribution in [0.1, 0.15) is 31.2 Å². The molecule has 1 aliphatic rings. The van der Waals surface area contributed by atoms with Gasteiger partial charge in [0.25, 0.3) is 0 Å². The van der Waals surface area contributed by atoms with E-state index in [-0.39, 0.29) is 24.8 Å². The van der Waals surface area contributed by atoms with Gasteiger partial charge in [-0.05, 0) is 86.7 Å². The van der Waals surface area contributed by atoms with Crippen molar-refractivity contribution < 1.29 is 9.47 Å². The molecule has 0 atom stereocenters. The smallest absolute Gasteiger partial charge is 0.122 e. The molecule has 1 aromatic heterocycles. The summed E-state index contributed by atoms with van der Waals surface area (Å²) in [7, 11) is 3.41. The minimum absolute atomic E-state index is 0.